The van der Waals surface area contributed by atoms with E-state index >= 15 is 0 Å². The van der Waals surface area contributed by atoms with Crippen molar-refractivity contribution in [2.75, 3.05) is 19.9 Å². The average molecular weight is 351 g/mol. The second kappa shape index (κ2) is 6.79. The van der Waals surface area contributed by atoms with Crippen molar-refractivity contribution in [2.45, 2.75) is 0 Å². The Morgan fingerprint density at radius 3 is 2.62 bits per heavy atom. The van der Waals surface area contributed by atoms with E-state index in [9.17, 15) is 9.59 Å². The number of carbonyl (C=O) groups is 2. The number of hydrogen-bond donors (Lipinski definition) is 3. The number of rotatable bonds is 5. The van der Waals surface area contributed by atoms with E-state index in [1.165, 1.54) is 0 Å². The second-order valence-electron chi connectivity index (χ2n) is 5.83. The fourth-order valence-electron chi connectivity index (χ4n) is 2.85. The molecule has 4 rings (SSSR count). The first kappa shape index (κ1) is 16.0. The molecule has 7 nitrogen and oxygen atoms in total. The van der Waals surface area contributed by atoms with Crippen LogP contribution < -0.4 is 20.1 Å². The van der Waals surface area contributed by atoms with Crippen LogP contribution in [0.4, 0.5) is 0 Å². The van der Waals surface area contributed by atoms with Gasteiger partial charge in [0.25, 0.3) is 11.8 Å². The fraction of sp³-hybridized carbons (Fsp3) is 0.158. The van der Waals surface area contributed by atoms with Gasteiger partial charge in [-0.3, -0.25) is 9.59 Å². The summed E-state index contributed by atoms with van der Waals surface area (Å²) >= 11 is 0. The van der Waals surface area contributed by atoms with Crippen molar-refractivity contribution in [3.63, 3.8) is 0 Å². The standard InChI is InChI=1S/C19H17N3O4/c23-18(12-5-6-16-17(9-12)26-11-25-16)20-7-8-21-19(24)14-10-22-15-4-2-1-3-13(14)15/h1-6,9-10,22H,7-8,11H2,(H,20,23)(H,21,24). The van der Waals surface area contributed by atoms with Crippen LogP contribution in [0.1, 0.15) is 20.7 Å². The number of amides is 2. The summed E-state index contributed by atoms with van der Waals surface area (Å²) in [5.74, 6) is 0.780. The molecule has 2 amide bonds. The molecule has 1 aliphatic rings. The maximum Gasteiger partial charge on any atom is 0.253 e. The number of aromatic amines is 1. The summed E-state index contributed by atoms with van der Waals surface area (Å²) in [4.78, 5) is 27.5. The molecule has 0 aliphatic carbocycles. The zero-order chi connectivity index (χ0) is 17.9. The van der Waals surface area contributed by atoms with Gasteiger partial charge in [0, 0.05) is 35.8 Å². The highest BCUT2D eigenvalue weighted by atomic mass is 16.7. The number of benzene rings is 2. The zero-order valence-electron chi connectivity index (χ0n) is 13.9. The van der Waals surface area contributed by atoms with Crippen LogP contribution >= 0.6 is 0 Å². The van der Waals surface area contributed by atoms with Crippen molar-refractivity contribution in [2.24, 2.45) is 0 Å². The van der Waals surface area contributed by atoms with Crippen LogP contribution in [0.15, 0.2) is 48.7 Å². The van der Waals surface area contributed by atoms with Crippen molar-refractivity contribution in [1.82, 2.24) is 15.6 Å². The molecule has 1 aliphatic heterocycles. The Hall–Kier alpha value is -3.48. The minimum atomic E-state index is -0.232. The Morgan fingerprint density at radius 2 is 1.73 bits per heavy atom. The lowest BCUT2D eigenvalue weighted by Gasteiger charge is -2.07. The van der Waals surface area contributed by atoms with E-state index in [4.69, 9.17) is 9.47 Å². The quantitative estimate of drug-likeness (QED) is 0.614. The number of fused-ring (bicyclic) bond motifs is 2. The lowest BCUT2D eigenvalue weighted by molar-refractivity contribution is 0.0928. The van der Waals surface area contributed by atoms with Gasteiger partial charge in [-0.05, 0) is 24.3 Å². The minimum absolute atomic E-state index is 0.167. The van der Waals surface area contributed by atoms with Crippen molar-refractivity contribution >= 4 is 22.7 Å². The topological polar surface area (TPSA) is 92.5 Å². The number of nitrogens with one attached hydrogen (secondary N) is 3. The molecule has 26 heavy (non-hydrogen) atoms. The molecule has 0 saturated carbocycles. The van der Waals surface area contributed by atoms with Crippen LogP contribution in [-0.2, 0) is 0 Å². The van der Waals surface area contributed by atoms with Crippen LogP contribution in [0.2, 0.25) is 0 Å². The largest absolute Gasteiger partial charge is 0.454 e. The molecule has 0 atom stereocenters. The van der Waals surface area contributed by atoms with Crippen molar-refractivity contribution < 1.29 is 19.1 Å². The number of hydrogen-bond acceptors (Lipinski definition) is 4. The van der Waals surface area contributed by atoms with Crippen molar-refractivity contribution in [3.05, 3.63) is 59.8 Å². The number of aromatic nitrogens is 1. The van der Waals surface area contributed by atoms with Crippen LogP contribution in [-0.4, -0.2) is 36.7 Å². The Morgan fingerprint density at radius 1 is 0.962 bits per heavy atom. The molecule has 7 heteroatoms. The van der Waals surface area contributed by atoms with Gasteiger partial charge < -0.3 is 25.1 Å². The van der Waals surface area contributed by atoms with E-state index in [1.54, 1.807) is 24.4 Å². The first-order chi connectivity index (χ1) is 12.7. The fourth-order valence-corrected chi connectivity index (χ4v) is 2.85. The Labute approximate surface area is 149 Å². The number of para-hydroxylation sites is 1. The van der Waals surface area contributed by atoms with E-state index in [-0.39, 0.29) is 18.6 Å². The zero-order valence-corrected chi connectivity index (χ0v) is 13.9. The summed E-state index contributed by atoms with van der Waals surface area (Å²) in [6.45, 7) is 0.816. The average Bonchev–Trinajstić information content (AvgIpc) is 3.30. The number of carbonyl (C=O) groups excluding carboxylic acids is 2. The Bertz CT molecular complexity index is 980. The molecule has 0 fully saturated rings. The van der Waals surface area contributed by atoms with Gasteiger partial charge in [0.15, 0.2) is 11.5 Å². The third-order valence-electron chi connectivity index (χ3n) is 4.16. The summed E-state index contributed by atoms with van der Waals surface area (Å²) < 4.78 is 10.5. The predicted molar refractivity (Wildman–Crippen MR) is 95.5 cm³/mol. The number of ether oxygens (including phenoxy) is 2. The lowest BCUT2D eigenvalue weighted by atomic mass is 10.1. The molecule has 132 valence electrons. The third kappa shape index (κ3) is 3.06. The first-order valence-electron chi connectivity index (χ1n) is 8.24. The summed E-state index contributed by atoms with van der Waals surface area (Å²) in [6, 6.07) is 12.6. The van der Waals surface area contributed by atoms with E-state index in [0.717, 1.165) is 10.9 Å². The maximum absolute atomic E-state index is 12.3. The summed E-state index contributed by atoms with van der Waals surface area (Å²) in [5.41, 5.74) is 1.98. The molecule has 3 N–H and O–H groups in total. The monoisotopic (exact) mass is 351 g/mol. The van der Waals surface area contributed by atoms with Gasteiger partial charge in [-0.2, -0.15) is 0 Å². The Balaban J connectivity index is 1.29. The van der Waals surface area contributed by atoms with Gasteiger partial charge in [-0.1, -0.05) is 18.2 Å². The summed E-state index contributed by atoms with van der Waals surface area (Å²) in [7, 11) is 0. The van der Waals surface area contributed by atoms with Gasteiger partial charge in [0.2, 0.25) is 6.79 Å². The van der Waals surface area contributed by atoms with Crippen molar-refractivity contribution in [3.8, 4) is 11.5 Å². The van der Waals surface area contributed by atoms with Crippen molar-refractivity contribution in [1.29, 1.82) is 0 Å². The second-order valence-corrected chi connectivity index (χ2v) is 5.83. The summed E-state index contributed by atoms with van der Waals surface area (Å²) in [5, 5.41) is 6.45. The van der Waals surface area contributed by atoms with Gasteiger partial charge in [-0.15, -0.1) is 0 Å². The van der Waals surface area contributed by atoms with Gasteiger partial charge in [-0.25, -0.2) is 0 Å². The Kier molecular flexibility index (Phi) is 4.18. The molecular formula is C19H17N3O4. The molecule has 2 aromatic carbocycles. The molecule has 0 spiro atoms. The van der Waals surface area contributed by atoms with Crippen LogP contribution in [0.3, 0.4) is 0 Å². The van der Waals surface area contributed by atoms with Gasteiger partial charge >= 0.3 is 0 Å². The van der Waals surface area contributed by atoms with Crippen LogP contribution in [0.5, 0.6) is 11.5 Å². The molecule has 1 aromatic heterocycles. The number of H-pyrrole nitrogens is 1. The van der Waals surface area contributed by atoms with Gasteiger partial charge in [0.05, 0.1) is 5.56 Å². The minimum Gasteiger partial charge on any atom is -0.454 e. The molecule has 0 bridgehead atoms. The molecule has 0 saturated heterocycles. The smallest absolute Gasteiger partial charge is 0.253 e. The van der Waals surface area contributed by atoms with Crippen LogP contribution in [0.25, 0.3) is 10.9 Å². The third-order valence-corrected chi connectivity index (χ3v) is 4.16. The van der Waals surface area contributed by atoms with E-state index in [1.807, 2.05) is 24.3 Å². The predicted octanol–water partition coefficient (Wildman–Crippen LogP) is 2.06. The highest BCUT2D eigenvalue weighted by molar-refractivity contribution is 6.06. The highest BCUT2D eigenvalue weighted by Gasteiger charge is 2.16. The molecule has 0 radical (unpaired) electrons. The SMILES string of the molecule is O=C(NCCNC(=O)c1c[nH]c2ccccc12)c1ccc2c(c1)OCO2. The maximum atomic E-state index is 12.3. The van der Waals surface area contributed by atoms with E-state index in [0.29, 0.717) is 35.7 Å². The molecular weight excluding hydrogens is 334 g/mol. The van der Waals surface area contributed by atoms with Gasteiger partial charge in [0.1, 0.15) is 0 Å². The first-order valence-corrected chi connectivity index (χ1v) is 8.24. The van der Waals surface area contributed by atoms with E-state index < -0.39 is 0 Å². The highest BCUT2D eigenvalue weighted by Crippen LogP contribution is 2.32. The normalized spacial score (nSPS) is 12.2. The molecule has 3 aromatic rings. The van der Waals surface area contributed by atoms with E-state index in [2.05, 4.69) is 15.6 Å². The summed E-state index contributed by atoms with van der Waals surface area (Å²) in [6.07, 6.45) is 1.69. The van der Waals surface area contributed by atoms with Crippen LogP contribution in [0, 0.1) is 0 Å². The molecule has 0 unspecified atom stereocenters. The molecule has 2 heterocycles. The lowest BCUT2D eigenvalue weighted by Crippen LogP contribution is -2.34.